The normalized spacial score (nSPS) is 17.4. The van der Waals surface area contributed by atoms with Crippen molar-refractivity contribution in [3.05, 3.63) is 35.9 Å². The predicted octanol–water partition coefficient (Wildman–Crippen LogP) is 1.12. The van der Waals surface area contributed by atoms with Gasteiger partial charge in [0.05, 0.1) is 18.2 Å². The van der Waals surface area contributed by atoms with E-state index in [1.165, 1.54) is 0 Å². The summed E-state index contributed by atoms with van der Waals surface area (Å²) in [6.45, 7) is 1.26. The lowest BCUT2D eigenvalue weighted by molar-refractivity contribution is -0.00950. The van der Waals surface area contributed by atoms with E-state index < -0.39 is 5.60 Å². The van der Waals surface area contributed by atoms with Crippen LogP contribution in [-0.2, 0) is 6.42 Å². The molecule has 0 atom stereocenters. The molecule has 18 heavy (non-hydrogen) atoms. The van der Waals surface area contributed by atoms with Crippen LogP contribution >= 0.6 is 0 Å². The van der Waals surface area contributed by atoms with E-state index in [2.05, 4.69) is 16.4 Å². The van der Waals surface area contributed by atoms with Gasteiger partial charge in [0, 0.05) is 30.5 Å². The van der Waals surface area contributed by atoms with Crippen molar-refractivity contribution < 1.29 is 9.84 Å². The molecule has 0 radical (unpaired) electrons. The van der Waals surface area contributed by atoms with Crippen LogP contribution in [0.4, 0.5) is 0 Å². The molecule has 2 N–H and O–H groups in total. The van der Waals surface area contributed by atoms with Gasteiger partial charge in [0.1, 0.15) is 0 Å². The number of ether oxygens (including phenoxy) is 1. The fraction of sp³-hybridized carbons (Fsp3) is 0.357. The van der Waals surface area contributed by atoms with Crippen LogP contribution in [0.5, 0.6) is 5.88 Å². The molecule has 0 saturated carbocycles. The van der Waals surface area contributed by atoms with Crippen molar-refractivity contribution in [1.29, 1.82) is 0 Å². The summed E-state index contributed by atoms with van der Waals surface area (Å²) >= 11 is 0. The van der Waals surface area contributed by atoms with Gasteiger partial charge in [0.2, 0.25) is 5.88 Å². The second-order valence-corrected chi connectivity index (χ2v) is 4.85. The van der Waals surface area contributed by atoms with Crippen molar-refractivity contribution in [2.24, 2.45) is 0 Å². The first-order valence-corrected chi connectivity index (χ1v) is 6.06. The number of benzene rings is 1. The van der Waals surface area contributed by atoms with Crippen LogP contribution in [0.15, 0.2) is 30.3 Å². The summed E-state index contributed by atoms with van der Waals surface area (Å²) in [4.78, 5) is 4.48. The molecule has 1 aliphatic heterocycles. The minimum absolute atomic E-state index is 0.570. The van der Waals surface area contributed by atoms with Gasteiger partial charge in [-0.15, -0.1) is 0 Å². The van der Waals surface area contributed by atoms with Crippen molar-refractivity contribution in [2.45, 2.75) is 12.0 Å². The van der Waals surface area contributed by atoms with Crippen molar-refractivity contribution in [3.63, 3.8) is 0 Å². The molecule has 1 aliphatic rings. The number of rotatable bonds is 3. The summed E-state index contributed by atoms with van der Waals surface area (Å²) in [6, 6.07) is 9.98. The Bertz CT molecular complexity index is 579. The van der Waals surface area contributed by atoms with Crippen LogP contribution in [0.1, 0.15) is 5.56 Å². The first-order chi connectivity index (χ1) is 8.70. The average Bonchev–Trinajstić information content (AvgIpc) is 2.36. The summed E-state index contributed by atoms with van der Waals surface area (Å²) < 4.78 is 5.33. The van der Waals surface area contributed by atoms with Crippen LogP contribution in [-0.4, -0.2) is 35.9 Å². The lowest BCUT2D eigenvalue weighted by Crippen LogP contribution is -2.60. The molecule has 3 rings (SSSR count). The number of nitrogens with zero attached hydrogens (tertiary/aromatic N) is 1. The maximum Gasteiger partial charge on any atom is 0.216 e. The predicted molar refractivity (Wildman–Crippen MR) is 69.8 cm³/mol. The fourth-order valence-corrected chi connectivity index (χ4v) is 2.34. The average molecular weight is 244 g/mol. The van der Waals surface area contributed by atoms with Gasteiger partial charge in [-0.3, -0.25) is 0 Å². The number of hydrogen-bond donors (Lipinski definition) is 2. The van der Waals surface area contributed by atoms with E-state index in [-0.39, 0.29) is 0 Å². The minimum Gasteiger partial charge on any atom is -0.481 e. The highest BCUT2D eigenvalue weighted by Gasteiger charge is 2.35. The third-order valence-corrected chi connectivity index (χ3v) is 3.38. The Balaban J connectivity index is 2.03. The van der Waals surface area contributed by atoms with Crippen LogP contribution in [0, 0.1) is 0 Å². The van der Waals surface area contributed by atoms with Gasteiger partial charge in [0.15, 0.2) is 0 Å². The Morgan fingerprint density at radius 2 is 2.17 bits per heavy atom. The van der Waals surface area contributed by atoms with Crippen LogP contribution in [0.25, 0.3) is 10.9 Å². The molecule has 2 heterocycles. The molecule has 0 aliphatic carbocycles. The largest absolute Gasteiger partial charge is 0.481 e. The summed E-state index contributed by atoms with van der Waals surface area (Å²) in [5, 5.41) is 14.4. The standard InChI is InChI=1S/C14H16N2O2/c1-18-13-11(7-14(17)8-15-9-14)6-10-4-2-3-5-12(10)16-13/h2-6,15,17H,7-9H2,1H3. The second-order valence-electron chi connectivity index (χ2n) is 4.85. The van der Waals surface area contributed by atoms with Crippen molar-refractivity contribution >= 4 is 10.9 Å². The molecule has 94 valence electrons. The number of pyridine rings is 1. The van der Waals surface area contributed by atoms with E-state index in [0.717, 1.165) is 16.5 Å². The number of hydrogen-bond acceptors (Lipinski definition) is 4. The van der Waals surface area contributed by atoms with Gasteiger partial charge in [-0.25, -0.2) is 4.98 Å². The van der Waals surface area contributed by atoms with Crippen LogP contribution in [0.2, 0.25) is 0 Å². The maximum atomic E-state index is 10.2. The first-order valence-electron chi connectivity index (χ1n) is 6.06. The molecule has 1 fully saturated rings. The zero-order chi connectivity index (χ0) is 12.6. The van der Waals surface area contributed by atoms with Gasteiger partial charge in [-0.2, -0.15) is 0 Å². The third kappa shape index (κ3) is 1.94. The molecule has 0 unspecified atom stereocenters. The molecule has 2 aromatic rings. The Morgan fingerprint density at radius 1 is 1.39 bits per heavy atom. The molecule has 4 heteroatoms. The number of aromatic nitrogens is 1. The molecule has 1 aromatic carbocycles. The van der Waals surface area contributed by atoms with Gasteiger partial charge >= 0.3 is 0 Å². The topological polar surface area (TPSA) is 54.4 Å². The summed E-state index contributed by atoms with van der Waals surface area (Å²) in [5.41, 5.74) is 1.22. The SMILES string of the molecule is COc1nc2ccccc2cc1CC1(O)CNC1. The highest BCUT2D eigenvalue weighted by molar-refractivity contribution is 5.80. The molecular formula is C14H16N2O2. The number of aliphatic hydroxyl groups is 1. The number of β-amino-alcohol motifs (C(OH)–C–C–N with tert-alkyl or cyclic N) is 1. The third-order valence-electron chi connectivity index (χ3n) is 3.38. The van der Waals surface area contributed by atoms with Crippen molar-refractivity contribution in [1.82, 2.24) is 10.3 Å². The Labute approximate surface area is 106 Å². The Kier molecular flexibility index (Phi) is 2.69. The zero-order valence-electron chi connectivity index (χ0n) is 10.3. The summed E-state index contributed by atoms with van der Waals surface area (Å²) in [6.07, 6.45) is 0.570. The van der Waals surface area contributed by atoms with Crippen molar-refractivity contribution in [2.75, 3.05) is 20.2 Å². The number of fused-ring (bicyclic) bond motifs is 1. The van der Waals surface area contributed by atoms with Gasteiger partial charge < -0.3 is 15.2 Å². The number of nitrogens with one attached hydrogen (secondary N) is 1. The molecule has 4 nitrogen and oxygen atoms in total. The Morgan fingerprint density at radius 3 is 2.83 bits per heavy atom. The quantitative estimate of drug-likeness (QED) is 0.849. The lowest BCUT2D eigenvalue weighted by atomic mass is 9.89. The zero-order valence-corrected chi connectivity index (χ0v) is 10.3. The van der Waals surface area contributed by atoms with E-state index in [1.807, 2.05) is 24.3 Å². The monoisotopic (exact) mass is 244 g/mol. The molecule has 1 aromatic heterocycles. The van der Waals surface area contributed by atoms with Gasteiger partial charge in [0.25, 0.3) is 0 Å². The van der Waals surface area contributed by atoms with E-state index in [1.54, 1.807) is 7.11 Å². The molecule has 0 bridgehead atoms. The minimum atomic E-state index is -0.655. The summed E-state index contributed by atoms with van der Waals surface area (Å²) in [5.74, 6) is 0.606. The highest BCUT2D eigenvalue weighted by atomic mass is 16.5. The van der Waals surface area contributed by atoms with E-state index >= 15 is 0 Å². The van der Waals surface area contributed by atoms with Gasteiger partial charge in [-0.05, 0) is 12.1 Å². The van der Waals surface area contributed by atoms with Crippen molar-refractivity contribution in [3.8, 4) is 5.88 Å². The molecule has 0 spiro atoms. The second kappa shape index (κ2) is 4.23. The highest BCUT2D eigenvalue weighted by Crippen LogP contribution is 2.27. The molecular weight excluding hydrogens is 228 g/mol. The van der Waals surface area contributed by atoms with Crippen LogP contribution < -0.4 is 10.1 Å². The number of para-hydroxylation sites is 1. The molecule has 1 saturated heterocycles. The van der Waals surface area contributed by atoms with E-state index in [9.17, 15) is 5.11 Å². The first kappa shape index (κ1) is 11.4. The lowest BCUT2D eigenvalue weighted by Gasteiger charge is -2.37. The molecule has 0 amide bonds. The fourth-order valence-electron chi connectivity index (χ4n) is 2.34. The van der Waals surface area contributed by atoms with E-state index in [4.69, 9.17) is 4.74 Å². The number of methoxy groups -OCH3 is 1. The smallest absolute Gasteiger partial charge is 0.216 e. The van der Waals surface area contributed by atoms with Gasteiger partial charge in [-0.1, -0.05) is 18.2 Å². The summed E-state index contributed by atoms with van der Waals surface area (Å²) in [7, 11) is 1.61. The van der Waals surface area contributed by atoms with Crippen LogP contribution in [0.3, 0.4) is 0 Å². The maximum absolute atomic E-state index is 10.2. The Hall–Kier alpha value is -1.65. The van der Waals surface area contributed by atoms with E-state index in [0.29, 0.717) is 25.4 Å².